The van der Waals surface area contributed by atoms with Gasteiger partial charge < -0.3 is 4.74 Å². The summed E-state index contributed by atoms with van der Waals surface area (Å²) in [6.45, 7) is 2.78. The lowest BCUT2D eigenvalue weighted by atomic mass is 10.0. The van der Waals surface area contributed by atoms with E-state index >= 15 is 0 Å². The van der Waals surface area contributed by atoms with Crippen molar-refractivity contribution in [3.8, 4) is 5.75 Å². The molecule has 0 spiro atoms. The molecule has 0 aliphatic heterocycles. The lowest BCUT2D eigenvalue weighted by Crippen LogP contribution is -2.19. The van der Waals surface area contributed by atoms with Crippen molar-refractivity contribution in [2.45, 2.75) is 25.6 Å². The van der Waals surface area contributed by atoms with Crippen LogP contribution >= 0.6 is 11.6 Å². The number of carbonyl (C=O) groups is 1. The Morgan fingerprint density at radius 3 is 2.47 bits per heavy atom. The summed E-state index contributed by atoms with van der Waals surface area (Å²) in [7, 11) is 0. The van der Waals surface area contributed by atoms with Gasteiger partial charge in [-0.2, -0.15) is 0 Å². The van der Waals surface area contributed by atoms with Gasteiger partial charge in [0, 0.05) is 5.56 Å². The highest BCUT2D eigenvalue weighted by Crippen LogP contribution is 2.36. The van der Waals surface area contributed by atoms with Crippen molar-refractivity contribution in [2.24, 2.45) is 0 Å². The zero-order valence-corrected chi connectivity index (χ0v) is 9.89. The fourth-order valence-electron chi connectivity index (χ4n) is 1.40. The number of hydrogen-bond acceptors (Lipinski definition) is 2. The zero-order chi connectivity index (χ0) is 13.2. The molecule has 1 atom stereocenters. The fraction of sp³-hybridized carbons (Fsp3) is 0.364. The summed E-state index contributed by atoms with van der Waals surface area (Å²) in [5.41, 5.74) is 0.529. The van der Waals surface area contributed by atoms with Crippen molar-refractivity contribution in [3.05, 3.63) is 29.3 Å². The summed E-state index contributed by atoms with van der Waals surface area (Å²) in [6.07, 6.45) is -4.81. The Morgan fingerprint density at radius 2 is 2.00 bits per heavy atom. The molecule has 0 aliphatic rings. The van der Waals surface area contributed by atoms with E-state index in [0.717, 1.165) is 6.07 Å². The highest BCUT2D eigenvalue weighted by atomic mass is 35.5. The molecule has 0 aliphatic carbocycles. The number of alkyl halides is 4. The first-order valence-electron chi connectivity index (χ1n) is 4.72. The first kappa shape index (κ1) is 13.8. The van der Waals surface area contributed by atoms with Crippen molar-refractivity contribution >= 4 is 17.4 Å². The Hall–Kier alpha value is -1.23. The van der Waals surface area contributed by atoms with E-state index in [4.69, 9.17) is 11.6 Å². The molecular weight excluding hydrogens is 257 g/mol. The van der Waals surface area contributed by atoms with E-state index in [1.807, 2.05) is 0 Å². The monoisotopic (exact) mass is 266 g/mol. The maximum atomic E-state index is 12.2. The van der Waals surface area contributed by atoms with E-state index in [1.54, 1.807) is 13.0 Å². The first-order valence-corrected chi connectivity index (χ1v) is 5.16. The van der Waals surface area contributed by atoms with Gasteiger partial charge in [-0.15, -0.1) is 24.8 Å². The van der Waals surface area contributed by atoms with Gasteiger partial charge in [-0.3, -0.25) is 4.79 Å². The van der Waals surface area contributed by atoms with Crippen LogP contribution in [-0.4, -0.2) is 12.1 Å². The van der Waals surface area contributed by atoms with E-state index in [0.29, 0.717) is 5.56 Å². The van der Waals surface area contributed by atoms with Crippen molar-refractivity contribution in [1.29, 1.82) is 0 Å². The molecule has 0 fully saturated rings. The summed E-state index contributed by atoms with van der Waals surface area (Å²) in [5, 5.41) is -1.14. The predicted octanol–water partition coefficient (Wildman–Crippen LogP) is 3.76. The van der Waals surface area contributed by atoms with Gasteiger partial charge in [-0.05, 0) is 25.5 Å². The third kappa shape index (κ3) is 3.63. The number of halogens is 4. The molecule has 0 radical (unpaired) electrons. The van der Waals surface area contributed by atoms with Crippen LogP contribution in [0.5, 0.6) is 5.75 Å². The fourth-order valence-corrected chi connectivity index (χ4v) is 1.68. The maximum absolute atomic E-state index is 12.2. The van der Waals surface area contributed by atoms with Crippen LogP contribution in [0.15, 0.2) is 18.2 Å². The summed E-state index contributed by atoms with van der Waals surface area (Å²) in [4.78, 5) is 11.1. The molecule has 0 N–H and O–H groups in total. The number of carbonyl (C=O) groups excluding carboxylic acids is 1. The van der Waals surface area contributed by atoms with Crippen LogP contribution < -0.4 is 4.74 Å². The molecule has 1 aromatic carbocycles. The Labute approximate surface area is 101 Å². The number of rotatable bonds is 3. The number of Topliss-reactive ketones (excluding diaryl/α,β-unsaturated/α-hetero) is 1. The van der Waals surface area contributed by atoms with Crippen LogP contribution in [0.2, 0.25) is 0 Å². The van der Waals surface area contributed by atoms with Crippen molar-refractivity contribution in [2.75, 3.05) is 0 Å². The van der Waals surface area contributed by atoms with Crippen LogP contribution in [0.3, 0.4) is 0 Å². The minimum atomic E-state index is -4.81. The molecule has 2 nitrogen and oxygen atoms in total. The third-order valence-electron chi connectivity index (χ3n) is 2.12. The quantitative estimate of drug-likeness (QED) is 0.779. The van der Waals surface area contributed by atoms with Crippen LogP contribution in [0.1, 0.15) is 23.4 Å². The topological polar surface area (TPSA) is 26.3 Å². The van der Waals surface area contributed by atoms with Gasteiger partial charge in [0.2, 0.25) is 0 Å². The zero-order valence-electron chi connectivity index (χ0n) is 9.14. The normalized spacial score (nSPS) is 13.3. The highest BCUT2D eigenvalue weighted by molar-refractivity contribution is 6.31. The van der Waals surface area contributed by atoms with E-state index < -0.39 is 23.3 Å². The van der Waals surface area contributed by atoms with Crippen molar-refractivity contribution < 1.29 is 22.7 Å². The SMILES string of the molecule is CC(=O)C(Cl)c1c(C)cccc1OC(F)(F)F. The summed E-state index contributed by atoms with van der Waals surface area (Å²) < 4.78 is 40.4. The molecule has 0 saturated carbocycles. The van der Waals surface area contributed by atoms with E-state index in [9.17, 15) is 18.0 Å². The number of ether oxygens (including phenoxy) is 1. The Kier molecular flexibility index (Phi) is 4.03. The summed E-state index contributed by atoms with van der Waals surface area (Å²) in [6, 6.07) is 4.11. The highest BCUT2D eigenvalue weighted by Gasteiger charge is 2.33. The van der Waals surface area contributed by atoms with Gasteiger partial charge in [-0.25, -0.2) is 0 Å². The molecule has 0 aromatic heterocycles. The minimum absolute atomic E-state index is 0.0546. The van der Waals surface area contributed by atoms with Gasteiger partial charge in [0.15, 0.2) is 5.78 Å². The molecule has 1 unspecified atom stereocenters. The molecule has 94 valence electrons. The second-order valence-corrected chi connectivity index (χ2v) is 3.94. The van der Waals surface area contributed by atoms with Crippen LogP contribution in [0.4, 0.5) is 13.2 Å². The number of hydrogen-bond donors (Lipinski definition) is 0. The standard InChI is InChI=1S/C11H10ClF3O2/c1-6-4-3-5-8(17-11(13,14)15)9(6)10(12)7(2)16/h3-5,10H,1-2H3. The number of aryl methyl sites for hydroxylation is 1. The second kappa shape index (κ2) is 4.96. The lowest BCUT2D eigenvalue weighted by Gasteiger charge is -2.17. The third-order valence-corrected chi connectivity index (χ3v) is 2.65. The molecule has 1 rings (SSSR count). The van der Waals surface area contributed by atoms with Crippen LogP contribution in [0, 0.1) is 6.92 Å². The molecule has 17 heavy (non-hydrogen) atoms. The minimum Gasteiger partial charge on any atom is -0.405 e. The first-order chi connectivity index (χ1) is 7.72. The predicted molar refractivity (Wildman–Crippen MR) is 57.1 cm³/mol. The lowest BCUT2D eigenvalue weighted by molar-refractivity contribution is -0.274. The maximum Gasteiger partial charge on any atom is 0.573 e. The van der Waals surface area contributed by atoms with E-state index in [2.05, 4.69) is 4.74 Å². The molecule has 1 aromatic rings. The molecule has 0 heterocycles. The molecule has 0 amide bonds. The number of ketones is 1. The second-order valence-electron chi connectivity index (χ2n) is 3.51. The molecule has 0 bridgehead atoms. The Balaban J connectivity index is 3.22. The van der Waals surface area contributed by atoms with E-state index in [-0.39, 0.29) is 5.56 Å². The smallest absolute Gasteiger partial charge is 0.405 e. The molecule has 6 heteroatoms. The van der Waals surface area contributed by atoms with Gasteiger partial charge in [-0.1, -0.05) is 12.1 Å². The average Bonchev–Trinajstić information content (AvgIpc) is 2.14. The molecular formula is C11H10ClF3O2. The average molecular weight is 267 g/mol. The van der Waals surface area contributed by atoms with Gasteiger partial charge in [0.05, 0.1) is 0 Å². The summed E-state index contributed by atoms with van der Waals surface area (Å²) in [5.74, 6) is -0.874. The van der Waals surface area contributed by atoms with Crippen molar-refractivity contribution in [3.63, 3.8) is 0 Å². The largest absolute Gasteiger partial charge is 0.573 e. The van der Waals surface area contributed by atoms with E-state index in [1.165, 1.54) is 13.0 Å². The number of benzene rings is 1. The van der Waals surface area contributed by atoms with Gasteiger partial charge in [0.25, 0.3) is 0 Å². The van der Waals surface area contributed by atoms with Crippen molar-refractivity contribution in [1.82, 2.24) is 0 Å². The summed E-state index contributed by atoms with van der Waals surface area (Å²) >= 11 is 5.78. The Morgan fingerprint density at radius 1 is 1.41 bits per heavy atom. The Bertz CT molecular complexity index is 429. The van der Waals surface area contributed by atoms with Crippen LogP contribution in [-0.2, 0) is 4.79 Å². The van der Waals surface area contributed by atoms with Gasteiger partial charge in [0.1, 0.15) is 11.1 Å². The van der Waals surface area contributed by atoms with Crippen LogP contribution in [0.25, 0.3) is 0 Å². The van der Waals surface area contributed by atoms with Gasteiger partial charge >= 0.3 is 6.36 Å². The molecule has 0 saturated heterocycles.